The smallest absolute Gasteiger partial charge is 0.406 e. The quantitative estimate of drug-likeness (QED) is 0.769. The number of benzene rings is 2. The van der Waals surface area contributed by atoms with E-state index in [0.29, 0.717) is 11.1 Å². The molecule has 0 atom stereocenters. The van der Waals surface area contributed by atoms with E-state index in [1.54, 1.807) is 13.0 Å². The summed E-state index contributed by atoms with van der Waals surface area (Å²) in [5.74, 6) is -0.745. The molecule has 5 nitrogen and oxygen atoms in total. The number of ether oxygens (including phenoxy) is 1. The highest BCUT2D eigenvalue weighted by Crippen LogP contribution is 2.23. The van der Waals surface area contributed by atoms with Crippen LogP contribution in [0.1, 0.15) is 21.5 Å². The molecule has 0 spiro atoms. The van der Waals surface area contributed by atoms with Crippen molar-refractivity contribution in [1.82, 2.24) is 4.90 Å². The van der Waals surface area contributed by atoms with Crippen molar-refractivity contribution < 1.29 is 31.1 Å². The van der Waals surface area contributed by atoms with E-state index in [9.17, 15) is 26.4 Å². The Balaban J connectivity index is 2.16. The standard InChI is InChI=1S/C18H18F3NO4S/c1-12-4-9-15(27(3,24)25)10-16(12)17(23)22(2)11-13-5-7-14(8-6-13)26-18(19,20)21/h4-10H,11H2,1-3H3. The average Bonchev–Trinajstić information content (AvgIpc) is 2.54. The number of hydrogen-bond donors (Lipinski definition) is 0. The molecule has 0 unspecified atom stereocenters. The van der Waals surface area contributed by atoms with E-state index in [2.05, 4.69) is 4.74 Å². The van der Waals surface area contributed by atoms with Crippen LogP contribution in [0.3, 0.4) is 0 Å². The molecule has 0 saturated carbocycles. The van der Waals surface area contributed by atoms with Gasteiger partial charge >= 0.3 is 6.36 Å². The summed E-state index contributed by atoms with van der Waals surface area (Å²) in [7, 11) is -1.93. The predicted molar refractivity (Wildman–Crippen MR) is 93.2 cm³/mol. The Labute approximate surface area is 155 Å². The second-order valence-corrected chi connectivity index (χ2v) is 8.12. The van der Waals surface area contributed by atoms with Crippen molar-refractivity contribution in [2.24, 2.45) is 0 Å². The lowest BCUT2D eigenvalue weighted by molar-refractivity contribution is -0.274. The average molecular weight is 401 g/mol. The molecule has 0 aliphatic carbocycles. The second-order valence-electron chi connectivity index (χ2n) is 6.10. The summed E-state index contributed by atoms with van der Waals surface area (Å²) in [4.78, 5) is 14.1. The van der Waals surface area contributed by atoms with Crippen LogP contribution in [-0.2, 0) is 16.4 Å². The first-order valence-electron chi connectivity index (χ1n) is 7.78. The largest absolute Gasteiger partial charge is 0.573 e. The monoisotopic (exact) mass is 401 g/mol. The Morgan fingerprint density at radius 3 is 2.22 bits per heavy atom. The molecular formula is C18H18F3NO4S. The molecule has 2 aromatic carbocycles. The van der Waals surface area contributed by atoms with E-state index in [4.69, 9.17) is 0 Å². The molecule has 0 fully saturated rings. The van der Waals surface area contributed by atoms with E-state index in [0.717, 1.165) is 18.4 Å². The van der Waals surface area contributed by atoms with E-state index in [1.807, 2.05) is 0 Å². The van der Waals surface area contributed by atoms with Crippen molar-refractivity contribution in [3.8, 4) is 5.75 Å². The maximum absolute atomic E-state index is 12.7. The third-order valence-corrected chi connectivity index (χ3v) is 4.90. The summed E-state index contributed by atoms with van der Waals surface area (Å²) in [6, 6.07) is 9.48. The maximum Gasteiger partial charge on any atom is 0.573 e. The molecule has 0 aliphatic rings. The zero-order chi connectivity index (χ0) is 20.4. The molecule has 2 aromatic rings. The van der Waals surface area contributed by atoms with Gasteiger partial charge in [0.05, 0.1) is 4.90 Å². The molecule has 1 amide bonds. The van der Waals surface area contributed by atoms with Crippen LogP contribution < -0.4 is 4.74 Å². The van der Waals surface area contributed by atoms with Gasteiger partial charge in [0.2, 0.25) is 0 Å². The lowest BCUT2D eigenvalue weighted by atomic mass is 10.1. The molecule has 27 heavy (non-hydrogen) atoms. The summed E-state index contributed by atoms with van der Waals surface area (Å²) in [6.45, 7) is 1.82. The van der Waals surface area contributed by atoms with Crippen molar-refractivity contribution in [2.75, 3.05) is 13.3 Å². The Kier molecular flexibility index (Phi) is 5.84. The fourth-order valence-corrected chi connectivity index (χ4v) is 3.06. The lowest BCUT2D eigenvalue weighted by Gasteiger charge is -2.19. The van der Waals surface area contributed by atoms with Crippen molar-refractivity contribution in [2.45, 2.75) is 24.7 Å². The van der Waals surface area contributed by atoms with Gasteiger partial charge in [0.25, 0.3) is 5.91 Å². The van der Waals surface area contributed by atoms with Crippen LogP contribution in [0.25, 0.3) is 0 Å². The molecular weight excluding hydrogens is 383 g/mol. The number of rotatable bonds is 5. The van der Waals surface area contributed by atoms with Crippen LogP contribution in [0, 0.1) is 6.92 Å². The highest BCUT2D eigenvalue weighted by Gasteiger charge is 2.31. The van der Waals surface area contributed by atoms with Crippen LogP contribution >= 0.6 is 0 Å². The molecule has 0 heterocycles. The predicted octanol–water partition coefficient (Wildman–Crippen LogP) is 3.57. The van der Waals surface area contributed by atoms with Gasteiger partial charge in [-0.05, 0) is 42.3 Å². The minimum Gasteiger partial charge on any atom is -0.406 e. The van der Waals surface area contributed by atoms with Gasteiger partial charge in [-0.1, -0.05) is 18.2 Å². The van der Waals surface area contributed by atoms with Crippen LogP contribution in [-0.4, -0.2) is 38.9 Å². The second kappa shape index (κ2) is 7.59. The van der Waals surface area contributed by atoms with Gasteiger partial charge in [-0.3, -0.25) is 4.79 Å². The molecule has 0 aliphatic heterocycles. The van der Waals surface area contributed by atoms with Gasteiger partial charge in [0, 0.05) is 25.4 Å². The molecule has 2 rings (SSSR count). The fourth-order valence-electron chi connectivity index (χ4n) is 2.41. The van der Waals surface area contributed by atoms with Gasteiger partial charge in [-0.25, -0.2) is 8.42 Å². The SMILES string of the molecule is Cc1ccc(S(C)(=O)=O)cc1C(=O)N(C)Cc1ccc(OC(F)(F)F)cc1. The Morgan fingerprint density at radius 2 is 1.70 bits per heavy atom. The number of sulfone groups is 1. The van der Waals surface area contributed by atoms with Crippen LogP contribution in [0.2, 0.25) is 0 Å². The Hall–Kier alpha value is -2.55. The lowest BCUT2D eigenvalue weighted by Crippen LogP contribution is -2.27. The van der Waals surface area contributed by atoms with Crippen LogP contribution in [0.15, 0.2) is 47.4 Å². The van der Waals surface area contributed by atoms with Gasteiger partial charge < -0.3 is 9.64 Å². The van der Waals surface area contributed by atoms with E-state index in [1.165, 1.54) is 36.2 Å². The summed E-state index contributed by atoms with van der Waals surface area (Å²) in [6.07, 6.45) is -3.71. The highest BCUT2D eigenvalue weighted by atomic mass is 32.2. The number of aryl methyl sites for hydroxylation is 1. The number of alkyl halides is 3. The van der Waals surface area contributed by atoms with Gasteiger partial charge in [0.15, 0.2) is 9.84 Å². The number of carbonyl (C=O) groups is 1. The van der Waals surface area contributed by atoms with Crippen molar-refractivity contribution in [3.05, 3.63) is 59.2 Å². The fraction of sp³-hybridized carbons (Fsp3) is 0.278. The zero-order valence-corrected chi connectivity index (χ0v) is 15.7. The third-order valence-electron chi connectivity index (χ3n) is 3.79. The number of amides is 1. The summed E-state index contributed by atoms with van der Waals surface area (Å²) < 4.78 is 63.7. The van der Waals surface area contributed by atoms with Crippen molar-refractivity contribution >= 4 is 15.7 Å². The van der Waals surface area contributed by atoms with Gasteiger partial charge in [-0.2, -0.15) is 0 Å². The molecule has 0 bridgehead atoms. The minimum absolute atomic E-state index is 0.0403. The molecule has 0 N–H and O–H groups in total. The molecule has 9 heteroatoms. The van der Waals surface area contributed by atoms with Crippen LogP contribution in [0.5, 0.6) is 5.75 Å². The summed E-state index contributed by atoms with van der Waals surface area (Å²) >= 11 is 0. The van der Waals surface area contributed by atoms with Gasteiger partial charge in [-0.15, -0.1) is 13.2 Å². The minimum atomic E-state index is -4.77. The zero-order valence-electron chi connectivity index (χ0n) is 14.9. The first-order chi connectivity index (χ1) is 12.4. The van der Waals surface area contributed by atoms with E-state index < -0.39 is 22.1 Å². The normalized spacial score (nSPS) is 11.9. The highest BCUT2D eigenvalue weighted by molar-refractivity contribution is 7.90. The summed E-state index contributed by atoms with van der Waals surface area (Å²) in [5.41, 5.74) is 1.46. The molecule has 0 radical (unpaired) electrons. The first kappa shape index (κ1) is 20.8. The van der Waals surface area contributed by atoms with E-state index in [-0.39, 0.29) is 22.8 Å². The number of carbonyl (C=O) groups excluding carboxylic acids is 1. The summed E-state index contributed by atoms with van der Waals surface area (Å²) in [5, 5.41) is 0. The van der Waals surface area contributed by atoms with Crippen LogP contribution in [0.4, 0.5) is 13.2 Å². The molecule has 146 valence electrons. The topological polar surface area (TPSA) is 63.7 Å². The number of halogens is 3. The maximum atomic E-state index is 12.7. The Bertz CT molecular complexity index is 938. The van der Waals surface area contributed by atoms with E-state index >= 15 is 0 Å². The van der Waals surface area contributed by atoms with Gasteiger partial charge in [0.1, 0.15) is 5.75 Å². The number of nitrogens with zero attached hydrogens (tertiary/aromatic N) is 1. The number of hydrogen-bond acceptors (Lipinski definition) is 4. The molecule has 0 saturated heterocycles. The Morgan fingerprint density at radius 1 is 1.11 bits per heavy atom. The first-order valence-corrected chi connectivity index (χ1v) is 9.67. The third kappa shape index (κ3) is 5.72. The van der Waals surface area contributed by atoms with Crippen molar-refractivity contribution in [1.29, 1.82) is 0 Å². The van der Waals surface area contributed by atoms with Crippen molar-refractivity contribution in [3.63, 3.8) is 0 Å². The molecule has 0 aromatic heterocycles.